The van der Waals surface area contributed by atoms with Gasteiger partial charge in [-0.15, -0.1) is 12.4 Å². The highest BCUT2D eigenvalue weighted by Crippen LogP contribution is 2.16. The molecule has 0 radical (unpaired) electrons. The summed E-state index contributed by atoms with van der Waals surface area (Å²) in [4.78, 5) is 11.7. The molecule has 0 bridgehead atoms. The lowest BCUT2D eigenvalue weighted by Crippen LogP contribution is -2.45. The fourth-order valence-corrected chi connectivity index (χ4v) is 1.56. The van der Waals surface area contributed by atoms with Crippen molar-refractivity contribution >= 4 is 18.3 Å². The molecule has 1 aromatic carbocycles. The smallest absolute Gasteiger partial charge is 0.237 e. The SMILES string of the molecule is COc1ccc(C(O)CNC(=O)[C@@H](N)C(C)C)cc1.Cl. The van der Waals surface area contributed by atoms with Crippen molar-refractivity contribution in [2.75, 3.05) is 13.7 Å². The third-order valence-corrected chi connectivity index (χ3v) is 2.99. The molecule has 0 fully saturated rings. The number of carbonyl (C=O) groups excluding carboxylic acids is 1. The number of amides is 1. The Hall–Kier alpha value is -1.30. The summed E-state index contributed by atoms with van der Waals surface area (Å²) in [7, 11) is 1.58. The molecule has 1 unspecified atom stereocenters. The van der Waals surface area contributed by atoms with Crippen molar-refractivity contribution in [3.8, 4) is 5.75 Å². The molecule has 1 amide bonds. The number of rotatable bonds is 6. The molecule has 20 heavy (non-hydrogen) atoms. The van der Waals surface area contributed by atoms with Crippen LogP contribution in [0.25, 0.3) is 0 Å². The number of aliphatic hydroxyl groups excluding tert-OH is 1. The van der Waals surface area contributed by atoms with Gasteiger partial charge in [-0.25, -0.2) is 0 Å². The lowest BCUT2D eigenvalue weighted by atomic mass is 10.0. The number of hydrogen-bond acceptors (Lipinski definition) is 4. The predicted octanol–water partition coefficient (Wildman–Crippen LogP) is 1.25. The van der Waals surface area contributed by atoms with Crippen LogP contribution in [0.15, 0.2) is 24.3 Å². The van der Waals surface area contributed by atoms with Crippen molar-refractivity contribution in [1.82, 2.24) is 5.32 Å². The predicted molar refractivity (Wildman–Crippen MR) is 81.0 cm³/mol. The lowest BCUT2D eigenvalue weighted by Gasteiger charge is -2.17. The van der Waals surface area contributed by atoms with Crippen molar-refractivity contribution in [1.29, 1.82) is 0 Å². The summed E-state index contributed by atoms with van der Waals surface area (Å²) in [5.41, 5.74) is 6.43. The maximum atomic E-state index is 11.7. The molecule has 114 valence electrons. The van der Waals surface area contributed by atoms with Gasteiger partial charge in [0.2, 0.25) is 5.91 Å². The van der Waals surface area contributed by atoms with E-state index in [9.17, 15) is 9.90 Å². The van der Waals surface area contributed by atoms with E-state index in [4.69, 9.17) is 10.5 Å². The summed E-state index contributed by atoms with van der Waals surface area (Å²) in [6.07, 6.45) is -0.755. The van der Waals surface area contributed by atoms with Crippen LogP contribution in [0.4, 0.5) is 0 Å². The zero-order valence-corrected chi connectivity index (χ0v) is 12.8. The van der Waals surface area contributed by atoms with E-state index in [1.165, 1.54) is 0 Å². The highest BCUT2D eigenvalue weighted by Gasteiger charge is 2.18. The van der Waals surface area contributed by atoms with Gasteiger partial charge in [-0.1, -0.05) is 26.0 Å². The Kier molecular flexibility index (Phi) is 8.22. The molecule has 0 aromatic heterocycles. The molecule has 0 saturated heterocycles. The van der Waals surface area contributed by atoms with Gasteiger partial charge in [-0.2, -0.15) is 0 Å². The molecule has 0 aliphatic heterocycles. The van der Waals surface area contributed by atoms with Crippen LogP contribution in [0.5, 0.6) is 5.75 Å². The second-order valence-corrected chi connectivity index (χ2v) is 4.80. The van der Waals surface area contributed by atoms with Crippen LogP contribution in [-0.2, 0) is 4.79 Å². The van der Waals surface area contributed by atoms with Gasteiger partial charge >= 0.3 is 0 Å². The molecule has 6 heteroatoms. The minimum atomic E-state index is -0.755. The van der Waals surface area contributed by atoms with Crippen LogP contribution in [-0.4, -0.2) is 30.7 Å². The molecule has 0 heterocycles. The largest absolute Gasteiger partial charge is 0.497 e. The molecule has 5 nitrogen and oxygen atoms in total. The Bertz CT molecular complexity index is 409. The van der Waals surface area contributed by atoms with Crippen LogP contribution < -0.4 is 15.8 Å². The van der Waals surface area contributed by atoms with Crippen molar-refractivity contribution in [2.24, 2.45) is 11.7 Å². The van der Waals surface area contributed by atoms with Gasteiger partial charge in [0.25, 0.3) is 0 Å². The summed E-state index contributed by atoms with van der Waals surface area (Å²) in [6, 6.07) is 6.50. The summed E-state index contributed by atoms with van der Waals surface area (Å²) < 4.78 is 5.04. The molecular weight excluding hydrogens is 280 g/mol. The van der Waals surface area contributed by atoms with Gasteiger partial charge in [0.05, 0.1) is 19.3 Å². The zero-order chi connectivity index (χ0) is 14.4. The quantitative estimate of drug-likeness (QED) is 0.738. The van der Waals surface area contributed by atoms with E-state index in [0.717, 1.165) is 11.3 Å². The van der Waals surface area contributed by atoms with Crippen LogP contribution in [0.3, 0.4) is 0 Å². The molecule has 0 saturated carbocycles. The lowest BCUT2D eigenvalue weighted by molar-refractivity contribution is -0.123. The number of nitrogens with one attached hydrogen (secondary N) is 1. The van der Waals surface area contributed by atoms with E-state index in [2.05, 4.69) is 5.32 Å². The van der Waals surface area contributed by atoms with Crippen molar-refractivity contribution in [3.63, 3.8) is 0 Å². The summed E-state index contributed by atoms with van der Waals surface area (Å²) in [5.74, 6) is 0.544. The summed E-state index contributed by atoms with van der Waals surface area (Å²) in [6.45, 7) is 3.90. The zero-order valence-electron chi connectivity index (χ0n) is 12.0. The van der Waals surface area contributed by atoms with Gasteiger partial charge in [0.1, 0.15) is 5.75 Å². The Balaban J connectivity index is 0.00000361. The fraction of sp³-hybridized carbons (Fsp3) is 0.500. The van der Waals surface area contributed by atoms with Gasteiger partial charge < -0.3 is 20.9 Å². The number of ether oxygens (including phenoxy) is 1. The average molecular weight is 303 g/mol. The van der Waals surface area contributed by atoms with Gasteiger partial charge in [0, 0.05) is 6.54 Å². The first-order chi connectivity index (χ1) is 8.95. The van der Waals surface area contributed by atoms with Crippen molar-refractivity contribution < 1.29 is 14.6 Å². The minimum Gasteiger partial charge on any atom is -0.497 e. The topological polar surface area (TPSA) is 84.6 Å². The average Bonchev–Trinajstić information content (AvgIpc) is 2.43. The van der Waals surface area contributed by atoms with Gasteiger partial charge in [-0.05, 0) is 23.6 Å². The maximum absolute atomic E-state index is 11.7. The number of nitrogens with two attached hydrogens (primary N) is 1. The van der Waals surface area contributed by atoms with Crippen LogP contribution >= 0.6 is 12.4 Å². The normalized spacial score (nSPS) is 13.3. The molecule has 1 aromatic rings. The molecule has 2 atom stereocenters. The molecule has 0 aliphatic carbocycles. The number of carbonyl (C=O) groups is 1. The van der Waals surface area contributed by atoms with E-state index in [1.807, 2.05) is 13.8 Å². The second-order valence-electron chi connectivity index (χ2n) is 4.80. The Morgan fingerprint density at radius 2 is 1.90 bits per heavy atom. The van der Waals surface area contributed by atoms with Gasteiger partial charge in [-0.3, -0.25) is 4.79 Å². The Morgan fingerprint density at radius 1 is 1.35 bits per heavy atom. The molecular formula is C14H23ClN2O3. The van der Waals surface area contributed by atoms with Crippen molar-refractivity contribution in [3.05, 3.63) is 29.8 Å². The van der Waals surface area contributed by atoms with Gasteiger partial charge in [0.15, 0.2) is 0 Å². The van der Waals surface area contributed by atoms with E-state index < -0.39 is 12.1 Å². The molecule has 1 rings (SSSR count). The minimum absolute atomic E-state index is 0. The Morgan fingerprint density at radius 3 is 2.35 bits per heavy atom. The highest BCUT2D eigenvalue weighted by molar-refractivity contribution is 5.85. The first-order valence-electron chi connectivity index (χ1n) is 6.31. The number of benzene rings is 1. The number of methoxy groups -OCH3 is 1. The molecule has 4 N–H and O–H groups in total. The standard InChI is InChI=1S/C14H22N2O3.ClH/c1-9(2)13(15)14(18)16-8-12(17)10-4-6-11(19-3)7-5-10;/h4-7,9,12-13,17H,8,15H2,1-3H3,(H,16,18);1H/t12?,13-;/m0./s1. The van der Waals surface area contributed by atoms with Crippen molar-refractivity contribution in [2.45, 2.75) is 26.0 Å². The van der Waals surface area contributed by atoms with Crippen LogP contribution in [0.2, 0.25) is 0 Å². The number of halogens is 1. The first-order valence-corrected chi connectivity index (χ1v) is 6.31. The third-order valence-electron chi connectivity index (χ3n) is 2.99. The number of aliphatic hydroxyl groups is 1. The first kappa shape index (κ1) is 18.7. The van der Waals surface area contributed by atoms with E-state index in [-0.39, 0.29) is 30.8 Å². The molecule has 0 spiro atoms. The summed E-state index contributed by atoms with van der Waals surface area (Å²) in [5, 5.41) is 12.6. The van der Waals surface area contributed by atoms with E-state index >= 15 is 0 Å². The molecule has 0 aliphatic rings. The monoisotopic (exact) mass is 302 g/mol. The third kappa shape index (κ3) is 5.36. The Labute approximate surface area is 125 Å². The maximum Gasteiger partial charge on any atom is 0.237 e. The van der Waals surface area contributed by atoms with E-state index in [0.29, 0.717) is 0 Å². The fourth-order valence-electron chi connectivity index (χ4n) is 1.56. The number of hydrogen-bond donors (Lipinski definition) is 3. The summed E-state index contributed by atoms with van der Waals surface area (Å²) >= 11 is 0. The highest BCUT2D eigenvalue weighted by atomic mass is 35.5. The van der Waals surface area contributed by atoms with Crippen LogP contribution in [0, 0.1) is 5.92 Å². The second kappa shape index (κ2) is 8.79. The van der Waals surface area contributed by atoms with E-state index in [1.54, 1.807) is 31.4 Å². The van der Waals surface area contributed by atoms with Crippen LogP contribution in [0.1, 0.15) is 25.5 Å².